The van der Waals surface area contributed by atoms with Gasteiger partial charge < -0.3 is 4.90 Å². The largest absolute Gasteiger partial charge is 0.371 e. The average Bonchev–Trinajstić information content (AvgIpc) is 2.19. The molecule has 1 rings (SSSR count). The van der Waals surface area contributed by atoms with Crippen LogP contribution in [-0.4, -0.2) is 18.1 Å². The SMILES string of the molecule is CCCN(CCC)c1ccncc1. The maximum atomic E-state index is 4.02. The molecule has 1 heterocycles. The minimum absolute atomic E-state index is 1.14. The van der Waals surface area contributed by atoms with Crippen molar-refractivity contribution in [3.63, 3.8) is 0 Å². The Balaban J connectivity index is 2.64. The van der Waals surface area contributed by atoms with Gasteiger partial charge in [0, 0.05) is 31.2 Å². The molecule has 2 heteroatoms. The van der Waals surface area contributed by atoms with Crippen molar-refractivity contribution >= 4 is 5.69 Å². The fourth-order valence-electron chi connectivity index (χ4n) is 1.46. The molecule has 0 atom stereocenters. The third-order valence-electron chi connectivity index (χ3n) is 2.01. The molecule has 0 saturated heterocycles. The number of aromatic nitrogens is 1. The number of rotatable bonds is 5. The first-order valence-corrected chi connectivity index (χ1v) is 5.03. The van der Waals surface area contributed by atoms with Crippen LogP contribution in [0.1, 0.15) is 26.7 Å². The van der Waals surface area contributed by atoms with E-state index < -0.39 is 0 Å². The molecule has 2 nitrogen and oxygen atoms in total. The van der Waals surface area contributed by atoms with Crippen LogP contribution in [0, 0.1) is 0 Å². The second-order valence-electron chi connectivity index (χ2n) is 3.19. The summed E-state index contributed by atoms with van der Waals surface area (Å²) in [6.07, 6.45) is 6.10. The lowest BCUT2D eigenvalue weighted by atomic mass is 10.3. The zero-order valence-electron chi connectivity index (χ0n) is 8.53. The van der Waals surface area contributed by atoms with Crippen LogP contribution < -0.4 is 4.90 Å². The minimum atomic E-state index is 1.14. The lowest BCUT2D eigenvalue weighted by molar-refractivity contribution is 0.744. The van der Waals surface area contributed by atoms with E-state index in [0.717, 1.165) is 13.1 Å². The van der Waals surface area contributed by atoms with Gasteiger partial charge in [0.15, 0.2) is 0 Å². The van der Waals surface area contributed by atoms with Crippen molar-refractivity contribution in [2.45, 2.75) is 26.7 Å². The van der Waals surface area contributed by atoms with E-state index in [1.165, 1.54) is 18.5 Å². The van der Waals surface area contributed by atoms with Gasteiger partial charge in [-0.1, -0.05) is 13.8 Å². The Hall–Kier alpha value is -1.05. The summed E-state index contributed by atoms with van der Waals surface area (Å²) >= 11 is 0. The molecule has 0 amide bonds. The summed E-state index contributed by atoms with van der Waals surface area (Å²) < 4.78 is 0. The molecule has 0 bridgehead atoms. The number of hydrogen-bond donors (Lipinski definition) is 0. The van der Waals surface area contributed by atoms with Gasteiger partial charge in [-0.3, -0.25) is 4.98 Å². The monoisotopic (exact) mass is 178 g/mol. The average molecular weight is 178 g/mol. The van der Waals surface area contributed by atoms with Crippen LogP contribution in [0.4, 0.5) is 5.69 Å². The van der Waals surface area contributed by atoms with Crippen molar-refractivity contribution in [2.75, 3.05) is 18.0 Å². The van der Waals surface area contributed by atoms with E-state index in [1.807, 2.05) is 12.4 Å². The molecule has 0 saturated carbocycles. The Labute approximate surface area is 80.6 Å². The van der Waals surface area contributed by atoms with Gasteiger partial charge in [-0.15, -0.1) is 0 Å². The minimum Gasteiger partial charge on any atom is -0.371 e. The molecule has 0 aliphatic rings. The second-order valence-corrected chi connectivity index (χ2v) is 3.19. The summed E-state index contributed by atoms with van der Waals surface area (Å²) in [4.78, 5) is 6.43. The van der Waals surface area contributed by atoms with Crippen molar-refractivity contribution in [1.82, 2.24) is 4.98 Å². The van der Waals surface area contributed by atoms with Crippen LogP contribution in [-0.2, 0) is 0 Å². The molecule has 0 radical (unpaired) electrons. The Morgan fingerprint density at radius 2 is 1.62 bits per heavy atom. The van der Waals surface area contributed by atoms with Crippen LogP contribution in [0.5, 0.6) is 0 Å². The van der Waals surface area contributed by atoms with E-state index in [1.54, 1.807) is 0 Å². The maximum Gasteiger partial charge on any atom is 0.0397 e. The van der Waals surface area contributed by atoms with Gasteiger partial charge >= 0.3 is 0 Å². The van der Waals surface area contributed by atoms with Crippen molar-refractivity contribution in [1.29, 1.82) is 0 Å². The fraction of sp³-hybridized carbons (Fsp3) is 0.545. The molecule has 0 fully saturated rings. The Morgan fingerprint density at radius 3 is 2.08 bits per heavy atom. The van der Waals surface area contributed by atoms with Crippen LogP contribution in [0.25, 0.3) is 0 Å². The highest BCUT2D eigenvalue weighted by Gasteiger charge is 2.02. The Morgan fingerprint density at radius 1 is 1.08 bits per heavy atom. The molecule has 0 aliphatic carbocycles. The van der Waals surface area contributed by atoms with E-state index in [-0.39, 0.29) is 0 Å². The highest BCUT2D eigenvalue weighted by atomic mass is 15.1. The van der Waals surface area contributed by atoms with Crippen LogP contribution in [0.3, 0.4) is 0 Å². The lowest BCUT2D eigenvalue weighted by Crippen LogP contribution is -2.24. The van der Waals surface area contributed by atoms with Gasteiger partial charge in [0.1, 0.15) is 0 Å². The first-order chi connectivity index (χ1) is 6.38. The van der Waals surface area contributed by atoms with Crippen molar-refractivity contribution in [3.8, 4) is 0 Å². The second kappa shape index (κ2) is 5.57. The number of pyridine rings is 1. The van der Waals surface area contributed by atoms with Crippen LogP contribution >= 0.6 is 0 Å². The molecule has 1 aromatic rings. The lowest BCUT2D eigenvalue weighted by Gasteiger charge is -2.23. The molecule has 13 heavy (non-hydrogen) atoms. The van der Waals surface area contributed by atoms with E-state index in [4.69, 9.17) is 0 Å². The summed E-state index contributed by atoms with van der Waals surface area (Å²) in [6.45, 7) is 6.70. The van der Waals surface area contributed by atoms with Gasteiger partial charge in [0.05, 0.1) is 0 Å². The highest BCUT2D eigenvalue weighted by molar-refractivity contribution is 5.44. The Bertz CT molecular complexity index is 215. The van der Waals surface area contributed by atoms with Gasteiger partial charge in [-0.05, 0) is 25.0 Å². The first kappa shape index (κ1) is 10.0. The summed E-state index contributed by atoms with van der Waals surface area (Å²) in [5, 5.41) is 0. The van der Waals surface area contributed by atoms with Crippen LogP contribution in [0.2, 0.25) is 0 Å². The standard InChI is InChI=1S/C11H18N2/c1-3-9-13(10-4-2)11-5-7-12-8-6-11/h5-8H,3-4,9-10H2,1-2H3. The molecular formula is C11H18N2. The fourth-order valence-corrected chi connectivity index (χ4v) is 1.46. The van der Waals surface area contributed by atoms with E-state index in [2.05, 4.69) is 35.9 Å². The summed E-state index contributed by atoms with van der Waals surface area (Å²) in [5.74, 6) is 0. The smallest absolute Gasteiger partial charge is 0.0397 e. The van der Waals surface area contributed by atoms with E-state index >= 15 is 0 Å². The third kappa shape index (κ3) is 3.05. The Kier molecular flexibility index (Phi) is 4.30. The van der Waals surface area contributed by atoms with E-state index in [9.17, 15) is 0 Å². The quantitative estimate of drug-likeness (QED) is 0.689. The number of hydrogen-bond acceptors (Lipinski definition) is 2. The molecule has 72 valence electrons. The first-order valence-electron chi connectivity index (χ1n) is 5.03. The summed E-state index contributed by atoms with van der Waals surface area (Å²) in [5.41, 5.74) is 1.29. The van der Waals surface area contributed by atoms with Crippen molar-refractivity contribution in [3.05, 3.63) is 24.5 Å². The zero-order chi connectivity index (χ0) is 9.52. The topological polar surface area (TPSA) is 16.1 Å². The molecule has 1 aromatic heterocycles. The predicted molar refractivity (Wildman–Crippen MR) is 57.0 cm³/mol. The number of anilines is 1. The molecule has 0 N–H and O–H groups in total. The number of nitrogens with zero attached hydrogens (tertiary/aromatic N) is 2. The molecule has 0 spiro atoms. The van der Waals surface area contributed by atoms with Gasteiger partial charge in [0.25, 0.3) is 0 Å². The van der Waals surface area contributed by atoms with Gasteiger partial charge in [-0.25, -0.2) is 0 Å². The molecule has 0 aromatic carbocycles. The summed E-state index contributed by atoms with van der Waals surface area (Å²) in [7, 11) is 0. The van der Waals surface area contributed by atoms with Crippen molar-refractivity contribution in [2.24, 2.45) is 0 Å². The predicted octanol–water partition coefficient (Wildman–Crippen LogP) is 2.71. The third-order valence-corrected chi connectivity index (χ3v) is 2.01. The van der Waals surface area contributed by atoms with Crippen molar-refractivity contribution < 1.29 is 0 Å². The summed E-state index contributed by atoms with van der Waals surface area (Å²) in [6, 6.07) is 4.15. The van der Waals surface area contributed by atoms with Crippen LogP contribution in [0.15, 0.2) is 24.5 Å². The van der Waals surface area contributed by atoms with Gasteiger partial charge in [0.2, 0.25) is 0 Å². The zero-order valence-corrected chi connectivity index (χ0v) is 8.53. The highest BCUT2D eigenvalue weighted by Crippen LogP contribution is 2.12. The maximum absolute atomic E-state index is 4.02. The molecular weight excluding hydrogens is 160 g/mol. The van der Waals surface area contributed by atoms with E-state index in [0.29, 0.717) is 0 Å². The normalized spacial score (nSPS) is 10.0. The van der Waals surface area contributed by atoms with Gasteiger partial charge in [-0.2, -0.15) is 0 Å². The molecule has 0 aliphatic heterocycles. The molecule has 0 unspecified atom stereocenters.